The lowest BCUT2D eigenvalue weighted by Crippen LogP contribution is -2.39. The van der Waals surface area contributed by atoms with Crippen LogP contribution in [0.25, 0.3) is 0 Å². The fourth-order valence-electron chi connectivity index (χ4n) is 2.90. The molecule has 0 aromatic heterocycles. The number of hydrogen-bond acceptors (Lipinski definition) is 3. The lowest BCUT2D eigenvalue weighted by molar-refractivity contribution is 0.174. The highest BCUT2D eigenvalue weighted by molar-refractivity contribution is 5.34. The molecule has 1 aromatic rings. The van der Waals surface area contributed by atoms with Crippen LogP contribution in [-0.2, 0) is 19.6 Å². The minimum Gasteiger partial charge on any atom is -0.309 e. The summed E-state index contributed by atoms with van der Waals surface area (Å²) in [4.78, 5) is 4.81. The van der Waals surface area contributed by atoms with Crippen LogP contribution in [0.5, 0.6) is 0 Å². The van der Waals surface area contributed by atoms with Gasteiger partial charge >= 0.3 is 0 Å². The average molecular weight is 261 g/mol. The lowest BCUT2D eigenvalue weighted by atomic mass is 10.1. The van der Waals surface area contributed by atoms with Crippen LogP contribution < -0.4 is 5.32 Å². The number of nitrogens with zero attached hydrogens (tertiary/aromatic N) is 2. The van der Waals surface area contributed by atoms with Crippen molar-refractivity contribution >= 4 is 0 Å². The first kappa shape index (κ1) is 14.5. The summed E-state index contributed by atoms with van der Waals surface area (Å²) < 4.78 is 0. The van der Waals surface area contributed by atoms with E-state index in [9.17, 15) is 0 Å². The number of hydrogen-bond donors (Lipinski definition) is 1. The Balaban J connectivity index is 2.01. The molecule has 1 atom stereocenters. The second-order valence-corrected chi connectivity index (χ2v) is 5.88. The Kier molecular flexibility index (Phi) is 4.97. The summed E-state index contributed by atoms with van der Waals surface area (Å²) in [7, 11) is 4.29. The van der Waals surface area contributed by atoms with Crippen LogP contribution >= 0.6 is 0 Å². The third-order valence-electron chi connectivity index (χ3n) is 3.95. The average Bonchev–Trinajstić information content (AvgIpc) is 2.82. The van der Waals surface area contributed by atoms with Gasteiger partial charge in [0.2, 0.25) is 0 Å². The van der Waals surface area contributed by atoms with Crippen molar-refractivity contribution in [2.75, 3.05) is 27.2 Å². The Labute approximate surface area is 117 Å². The van der Waals surface area contributed by atoms with Crippen LogP contribution in [0.15, 0.2) is 18.2 Å². The molecule has 1 aliphatic rings. The van der Waals surface area contributed by atoms with Crippen molar-refractivity contribution in [1.82, 2.24) is 15.1 Å². The van der Waals surface area contributed by atoms with Gasteiger partial charge in [-0.2, -0.15) is 0 Å². The molecule has 1 heterocycles. The molecule has 0 radical (unpaired) electrons. The zero-order valence-corrected chi connectivity index (χ0v) is 12.7. The Morgan fingerprint density at radius 3 is 2.63 bits per heavy atom. The van der Waals surface area contributed by atoms with E-state index in [-0.39, 0.29) is 0 Å². The molecule has 3 heteroatoms. The van der Waals surface area contributed by atoms with Crippen LogP contribution in [-0.4, -0.2) is 43.0 Å². The van der Waals surface area contributed by atoms with Crippen molar-refractivity contribution < 1.29 is 0 Å². The van der Waals surface area contributed by atoms with Gasteiger partial charge in [0, 0.05) is 32.2 Å². The number of fused-ring (bicyclic) bond motifs is 1. The van der Waals surface area contributed by atoms with Gasteiger partial charge in [-0.1, -0.05) is 25.1 Å². The summed E-state index contributed by atoms with van der Waals surface area (Å²) in [6.07, 6.45) is 0. The van der Waals surface area contributed by atoms with E-state index in [0.717, 1.165) is 32.7 Å². The molecule has 19 heavy (non-hydrogen) atoms. The van der Waals surface area contributed by atoms with E-state index in [0.29, 0.717) is 6.04 Å². The molecule has 3 nitrogen and oxygen atoms in total. The van der Waals surface area contributed by atoms with E-state index in [4.69, 9.17) is 0 Å². The van der Waals surface area contributed by atoms with E-state index in [1.165, 1.54) is 16.7 Å². The topological polar surface area (TPSA) is 18.5 Å². The highest BCUT2D eigenvalue weighted by Crippen LogP contribution is 2.18. The third-order valence-corrected chi connectivity index (χ3v) is 3.95. The molecule has 0 amide bonds. The van der Waals surface area contributed by atoms with Crippen molar-refractivity contribution in [3.05, 3.63) is 34.9 Å². The van der Waals surface area contributed by atoms with Crippen LogP contribution in [0.3, 0.4) is 0 Å². The Morgan fingerprint density at radius 1 is 1.21 bits per heavy atom. The summed E-state index contributed by atoms with van der Waals surface area (Å²) in [5, 5.41) is 3.41. The first-order chi connectivity index (χ1) is 9.10. The van der Waals surface area contributed by atoms with Crippen LogP contribution in [0.1, 0.15) is 30.5 Å². The van der Waals surface area contributed by atoms with Gasteiger partial charge in [0.05, 0.1) is 0 Å². The molecule has 2 rings (SSSR count). The fourth-order valence-corrected chi connectivity index (χ4v) is 2.90. The molecule has 0 saturated carbocycles. The van der Waals surface area contributed by atoms with Crippen LogP contribution in [0.2, 0.25) is 0 Å². The second-order valence-electron chi connectivity index (χ2n) is 5.88. The number of benzene rings is 1. The minimum atomic E-state index is 0.589. The number of likely N-dealkylation sites (N-methyl/N-ethyl adjacent to an activating group) is 2. The highest BCUT2D eigenvalue weighted by atomic mass is 15.2. The van der Waals surface area contributed by atoms with Gasteiger partial charge in [-0.25, -0.2) is 0 Å². The van der Waals surface area contributed by atoms with Gasteiger partial charge < -0.3 is 10.2 Å². The summed E-state index contributed by atoms with van der Waals surface area (Å²) in [6, 6.07) is 7.54. The van der Waals surface area contributed by atoms with Gasteiger partial charge in [0.15, 0.2) is 0 Å². The Morgan fingerprint density at radius 2 is 1.95 bits per heavy atom. The molecule has 0 aliphatic carbocycles. The van der Waals surface area contributed by atoms with E-state index in [2.05, 4.69) is 61.3 Å². The first-order valence-corrected chi connectivity index (χ1v) is 7.30. The Bertz CT molecular complexity index is 414. The van der Waals surface area contributed by atoms with Crippen molar-refractivity contribution in [2.24, 2.45) is 0 Å². The predicted molar refractivity (Wildman–Crippen MR) is 81.1 cm³/mol. The Hall–Kier alpha value is -0.900. The smallest absolute Gasteiger partial charge is 0.0237 e. The molecule has 106 valence electrons. The summed E-state index contributed by atoms with van der Waals surface area (Å²) >= 11 is 0. The van der Waals surface area contributed by atoms with Crippen molar-refractivity contribution in [2.45, 2.75) is 39.5 Å². The maximum atomic E-state index is 3.41. The van der Waals surface area contributed by atoms with E-state index in [1.54, 1.807) is 0 Å². The summed E-state index contributed by atoms with van der Waals surface area (Å²) in [5.74, 6) is 0. The molecule has 1 aliphatic heterocycles. The molecule has 0 spiro atoms. The van der Waals surface area contributed by atoms with Crippen molar-refractivity contribution in [3.63, 3.8) is 0 Å². The standard InChI is InChI=1S/C16H27N3/c1-5-19(13(2)11-18(3)4)12-14-6-7-15-9-17-10-16(15)8-14/h6-8,13,17H,5,9-12H2,1-4H3. The largest absolute Gasteiger partial charge is 0.309 e. The zero-order chi connectivity index (χ0) is 13.8. The summed E-state index contributed by atoms with van der Waals surface area (Å²) in [5.41, 5.74) is 4.39. The molecule has 1 N–H and O–H groups in total. The molecule has 1 aromatic carbocycles. The maximum absolute atomic E-state index is 3.41. The number of rotatable bonds is 6. The molecule has 0 saturated heterocycles. The lowest BCUT2D eigenvalue weighted by Gasteiger charge is -2.30. The van der Waals surface area contributed by atoms with Gasteiger partial charge in [0.1, 0.15) is 0 Å². The fraction of sp³-hybridized carbons (Fsp3) is 0.625. The van der Waals surface area contributed by atoms with Gasteiger partial charge in [-0.3, -0.25) is 4.90 Å². The number of nitrogens with one attached hydrogen (secondary N) is 1. The van der Waals surface area contributed by atoms with E-state index >= 15 is 0 Å². The molecule has 1 unspecified atom stereocenters. The molecular formula is C16H27N3. The normalized spacial score (nSPS) is 16.1. The van der Waals surface area contributed by atoms with E-state index in [1.807, 2.05) is 0 Å². The second kappa shape index (κ2) is 6.51. The predicted octanol–water partition coefficient (Wildman–Crippen LogP) is 2.06. The highest BCUT2D eigenvalue weighted by Gasteiger charge is 2.15. The van der Waals surface area contributed by atoms with Gasteiger partial charge in [-0.05, 0) is 44.3 Å². The van der Waals surface area contributed by atoms with E-state index < -0.39 is 0 Å². The van der Waals surface area contributed by atoms with Gasteiger partial charge in [-0.15, -0.1) is 0 Å². The van der Waals surface area contributed by atoms with Gasteiger partial charge in [0.25, 0.3) is 0 Å². The summed E-state index contributed by atoms with van der Waals surface area (Å²) in [6.45, 7) is 9.90. The SMILES string of the molecule is CCN(Cc1ccc2c(c1)CNC2)C(C)CN(C)C. The molecule has 0 bridgehead atoms. The quantitative estimate of drug-likeness (QED) is 0.845. The van der Waals surface area contributed by atoms with Crippen molar-refractivity contribution in [3.8, 4) is 0 Å². The zero-order valence-electron chi connectivity index (χ0n) is 12.7. The van der Waals surface area contributed by atoms with Crippen LogP contribution in [0.4, 0.5) is 0 Å². The minimum absolute atomic E-state index is 0.589. The maximum Gasteiger partial charge on any atom is 0.0237 e. The first-order valence-electron chi connectivity index (χ1n) is 7.30. The third kappa shape index (κ3) is 3.78. The molecular weight excluding hydrogens is 234 g/mol. The van der Waals surface area contributed by atoms with Crippen LogP contribution in [0, 0.1) is 0 Å². The van der Waals surface area contributed by atoms with Crippen molar-refractivity contribution in [1.29, 1.82) is 0 Å². The molecule has 0 fully saturated rings. The monoisotopic (exact) mass is 261 g/mol.